The zero-order valence-corrected chi connectivity index (χ0v) is 15.7. The minimum Gasteiger partial charge on any atom is -0.497 e. The summed E-state index contributed by atoms with van der Waals surface area (Å²) < 4.78 is 10.5. The Kier molecular flexibility index (Phi) is 5.06. The van der Waals surface area contributed by atoms with E-state index in [2.05, 4.69) is 0 Å². The Hall–Kier alpha value is -3.21. The molecule has 0 fully saturated rings. The average molecular weight is 375 g/mol. The average Bonchev–Trinajstić information content (AvgIpc) is 2.75. The topological polar surface area (TPSA) is 65.5 Å². The number of rotatable bonds is 5. The van der Waals surface area contributed by atoms with Crippen LogP contribution in [0.15, 0.2) is 48.5 Å². The lowest BCUT2D eigenvalue weighted by atomic mass is 9.90. The maximum Gasteiger partial charge on any atom is 0.339 e. The van der Waals surface area contributed by atoms with Gasteiger partial charge in [-0.2, -0.15) is 0 Å². The van der Waals surface area contributed by atoms with Gasteiger partial charge in [0.15, 0.2) is 12.4 Å². The van der Waals surface area contributed by atoms with Gasteiger partial charge >= 0.3 is 5.97 Å². The standard InChI is InChI=1S/C23H21NO4/c1-27-16-12-10-15(11-13-16)21(25)14-28-23(26)22-17-6-2-4-8-19(17)24-20-9-5-3-7-18(20)22/h2,4,6,8,10-13H,3,5,7,9,14H2,1H3. The summed E-state index contributed by atoms with van der Waals surface area (Å²) in [5.41, 5.74) is 3.76. The summed E-state index contributed by atoms with van der Waals surface area (Å²) in [4.78, 5) is 30.1. The molecule has 0 unspecified atom stereocenters. The predicted octanol–water partition coefficient (Wildman–Crippen LogP) is 4.16. The highest BCUT2D eigenvalue weighted by molar-refractivity contribution is 6.06. The molecule has 0 N–H and O–H groups in total. The molecule has 0 spiro atoms. The predicted molar refractivity (Wildman–Crippen MR) is 106 cm³/mol. The largest absolute Gasteiger partial charge is 0.497 e. The molecule has 1 aromatic heterocycles. The fraction of sp³-hybridized carbons (Fsp3) is 0.261. The molecule has 3 aromatic rings. The molecule has 0 aliphatic heterocycles. The van der Waals surface area contributed by atoms with Gasteiger partial charge in [0.25, 0.3) is 0 Å². The molecular formula is C23H21NO4. The van der Waals surface area contributed by atoms with Crippen molar-refractivity contribution in [1.82, 2.24) is 4.98 Å². The van der Waals surface area contributed by atoms with Crippen molar-refractivity contribution in [3.63, 3.8) is 0 Å². The van der Waals surface area contributed by atoms with Gasteiger partial charge in [-0.05, 0) is 61.6 Å². The van der Waals surface area contributed by atoms with Crippen molar-refractivity contribution >= 4 is 22.7 Å². The molecule has 28 heavy (non-hydrogen) atoms. The number of methoxy groups -OCH3 is 1. The number of carbonyl (C=O) groups excluding carboxylic acids is 2. The quantitative estimate of drug-likeness (QED) is 0.495. The highest BCUT2D eigenvalue weighted by Gasteiger charge is 2.24. The monoisotopic (exact) mass is 375 g/mol. The van der Waals surface area contributed by atoms with E-state index in [1.807, 2.05) is 24.3 Å². The van der Waals surface area contributed by atoms with E-state index < -0.39 is 5.97 Å². The molecular weight excluding hydrogens is 354 g/mol. The van der Waals surface area contributed by atoms with Crippen LogP contribution in [0.5, 0.6) is 5.75 Å². The van der Waals surface area contributed by atoms with Crippen LogP contribution in [0.2, 0.25) is 0 Å². The van der Waals surface area contributed by atoms with Gasteiger partial charge in [0, 0.05) is 16.6 Å². The fourth-order valence-electron chi connectivity index (χ4n) is 3.67. The number of esters is 1. The van der Waals surface area contributed by atoms with E-state index in [4.69, 9.17) is 14.5 Å². The van der Waals surface area contributed by atoms with Crippen LogP contribution < -0.4 is 4.74 Å². The maximum absolute atomic E-state index is 12.9. The Morgan fingerprint density at radius 2 is 1.75 bits per heavy atom. The molecule has 2 aromatic carbocycles. The van der Waals surface area contributed by atoms with Gasteiger partial charge in [0.05, 0.1) is 18.2 Å². The van der Waals surface area contributed by atoms with E-state index >= 15 is 0 Å². The van der Waals surface area contributed by atoms with Crippen molar-refractivity contribution in [3.05, 3.63) is 70.9 Å². The van der Waals surface area contributed by atoms with Crippen LogP contribution in [-0.4, -0.2) is 30.5 Å². The lowest BCUT2D eigenvalue weighted by Gasteiger charge is -2.19. The van der Waals surface area contributed by atoms with Gasteiger partial charge < -0.3 is 9.47 Å². The first-order valence-corrected chi connectivity index (χ1v) is 9.42. The van der Waals surface area contributed by atoms with Gasteiger partial charge in [-0.15, -0.1) is 0 Å². The summed E-state index contributed by atoms with van der Waals surface area (Å²) in [5, 5.41) is 0.782. The lowest BCUT2D eigenvalue weighted by Crippen LogP contribution is -2.18. The maximum atomic E-state index is 12.9. The zero-order chi connectivity index (χ0) is 19.5. The smallest absolute Gasteiger partial charge is 0.339 e. The third-order valence-electron chi connectivity index (χ3n) is 5.12. The third kappa shape index (κ3) is 3.48. The third-order valence-corrected chi connectivity index (χ3v) is 5.12. The van der Waals surface area contributed by atoms with Gasteiger partial charge in [-0.3, -0.25) is 9.78 Å². The Morgan fingerprint density at radius 1 is 1.00 bits per heavy atom. The van der Waals surface area contributed by atoms with Crippen molar-refractivity contribution in [1.29, 1.82) is 0 Å². The molecule has 0 saturated carbocycles. The van der Waals surface area contributed by atoms with Gasteiger partial charge in [-0.1, -0.05) is 18.2 Å². The Labute approximate surface area is 163 Å². The van der Waals surface area contributed by atoms with Crippen molar-refractivity contribution in [2.75, 3.05) is 13.7 Å². The Balaban J connectivity index is 1.59. The van der Waals surface area contributed by atoms with Crippen LogP contribution >= 0.6 is 0 Å². The van der Waals surface area contributed by atoms with Crippen molar-refractivity contribution in [2.45, 2.75) is 25.7 Å². The molecule has 0 saturated heterocycles. The van der Waals surface area contributed by atoms with Crippen LogP contribution in [0.25, 0.3) is 10.9 Å². The van der Waals surface area contributed by atoms with Crippen molar-refractivity contribution in [3.8, 4) is 5.75 Å². The summed E-state index contributed by atoms with van der Waals surface area (Å²) >= 11 is 0. The van der Waals surface area contributed by atoms with E-state index in [-0.39, 0.29) is 12.4 Å². The number of hydrogen-bond donors (Lipinski definition) is 0. The Morgan fingerprint density at radius 3 is 2.54 bits per heavy atom. The fourth-order valence-corrected chi connectivity index (χ4v) is 3.67. The number of ether oxygens (including phenoxy) is 2. The van der Waals surface area contributed by atoms with Crippen LogP contribution in [-0.2, 0) is 17.6 Å². The Bertz CT molecular complexity index is 1040. The van der Waals surface area contributed by atoms with Crippen molar-refractivity contribution in [2.24, 2.45) is 0 Å². The summed E-state index contributed by atoms with van der Waals surface area (Å²) in [6.07, 6.45) is 3.77. The van der Waals surface area contributed by atoms with Gasteiger partial charge in [0.1, 0.15) is 5.75 Å². The van der Waals surface area contributed by atoms with Crippen LogP contribution in [0, 0.1) is 0 Å². The molecule has 5 heteroatoms. The lowest BCUT2D eigenvalue weighted by molar-refractivity contribution is 0.0475. The summed E-state index contributed by atoms with van der Waals surface area (Å²) in [6, 6.07) is 14.3. The van der Waals surface area contributed by atoms with Crippen LogP contribution in [0.3, 0.4) is 0 Å². The minimum absolute atomic E-state index is 0.247. The first-order valence-electron chi connectivity index (χ1n) is 9.42. The molecule has 1 heterocycles. The van der Waals surface area contributed by atoms with E-state index in [1.54, 1.807) is 31.4 Å². The van der Waals surface area contributed by atoms with Gasteiger partial charge in [-0.25, -0.2) is 4.79 Å². The first kappa shape index (κ1) is 18.2. The number of nitrogens with zero attached hydrogens (tertiary/aromatic N) is 1. The number of pyridine rings is 1. The highest BCUT2D eigenvalue weighted by Crippen LogP contribution is 2.29. The summed E-state index contributed by atoms with van der Waals surface area (Å²) in [7, 11) is 1.57. The van der Waals surface area contributed by atoms with E-state index in [0.717, 1.165) is 47.8 Å². The second kappa shape index (κ2) is 7.80. The number of hydrogen-bond acceptors (Lipinski definition) is 5. The normalized spacial score (nSPS) is 13.0. The molecule has 0 bridgehead atoms. The molecule has 4 rings (SSSR count). The van der Waals surface area contributed by atoms with Crippen LogP contribution in [0.4, 0.5) is 0 Å². The molecule has 0 amide bonds. The summed E-state index contributed by atoms with van der Waals surface area (Å²) in [6.45, 7) is -0.295. The van der Waals surface area contributed by atoms with E-state index in [1.165, 1.54) is 0 Å². The SMILES string of the molecule is COc1ccc(C(=O)COC(=O)c2c3c(nc4ccccc24)CCCC3)cc1. The van der Waals surface area contributed by atoms with Crippen LogP contribution in [0.1, 0.15) is 44.8 Å². The molecule has 5 nitrogen and oxygen atoms in total. The zero-order valence-electron chi connectivity index (χ0n) is 15.7. The van der Waals surface area contributed by atoms with E-state index in [9.17, 15) is 9.59 Å². The summed E-state index contributed by atoms with van der Waals surface area (Å²) in [5.74, 6) is -0.0368. The molecule has 1 aliphatic rings. The number of benzene rings is 2. The molecule has 1 aliphatic carbocycles. The number of ketones is 1. The second-order valence-corrected chi connectivity index (χ2v) is 6.86. The molecule has 142 valence electrons. The van der Waals surface area contributed by atoms with Crippen molar-refractivity contribution < 1.29 is 19.1 Å². The minimum atomic E-state index is -0.460. The first-order chi connectivity index (χ1) is 13.7. The number of fused-ring (bicyclic) bond motifs is 2. The number of para-hydroxylation sites is 1. The molecule has 0 radical (unpaired) electrons. The number of Topliss-reactive ketones (excluding diaryl/α,β-unsaturated/α-hetero) is 1. The molecule has 0 atom stereocenters. The van der Waals surface area contributed by atoms with Gasteiger partial charge in [0.2, 0.25) is 0 Å². The highest BCUT2D eigenvalue weighted by atomic mass is 16.5. The number of aromatic nitrogens is 1. The number of aryl methyl sites for hydroxylation is 1. The second-order valence-electron chi connectivity index (χ2n) is 6.86. The van der Waals surface area contributed by atoms with E-state index in [0.29, 0.717) is 16.9 Å². The number of carbonyl (C=O) groups is 2.